The summed E-state index contributed by atoms with van der Waals surface area (Å²) in [5.41, 5.74) is 7.97. The quantitative estimate of drug-likeness (QED) is 0.548. The van der Waals surface area contributed by atoms with Crippen molar-refractivity contribution in [1.29, 1.82) is 0 Å². The number of para-hydroxylation sites is 1. The molecule has 1 aromatic rings. The summed E-state index contributed by atoms with van der Waals surface area (Å²) in [5, 5.41) is 6.78. The van der Waals surface area contributed by atoms with Crippen LogP contribution in [0.1, 0.15) is 11.6 Å². The highest BCUT2D eigenvalue weighted by Gasteiger charge is 2.15. The van der Waals surface area contributed by atoms with Crippen molar-refractivity contribution in [3.05, 3.63) is 29.8 Å². The average Bonchev–Trinajstić information content (AvgIpc) is 2.20. The van der Waals surface area contributed by atoms with E-state index in [1.807, 2.05) is 18.2 Å². The molecule has 13 heavy (non-hydrogen) atoms. The Balaban J connectivity index is 2.18. The molecule has 0 bridgehead atoms. The molecule has 3 nitrogen and oxygen atoms in total. The standard InChI is InChI=1S/C10H15N3/c11-9-4-2-1-3-8(9)10-7-12-5-6-13-10/h1-4,10,12-13H,5-7,11H2/t10-/m1/s1. The van der Waals surface area contributed by atoms with Gasteiger partial charge in [-0.05, 0) is 11.6 Å². The van der Waals surface area contributed by atoms with Crippen LogP contribution in [0.2, 0.25) is 0 Å². The van der Waals surface area contributed by atoms with Gasteiger partial charge >= 0.3 is 0 Å². The first-order chi connectivity index (χ1) is 6.38. The molecule has 0 aliphatic carbocycles. The highest BCUT2D eigenvalue weighted by molar-refractivity contribution is 5.48. The molecule has 0 saturated carbocycles. The maximum absolute atomic E-state index is 5.88. The van der Waals surface area contributed by atoms with E-state index >= 15 is 0 Å². The Labute approximate surface area is 78.3 Å². The van der Waals surface area contributed by atoms with E-state index in [2.05, 4.69) is 16.7 Å². The van der Waals surface area contributed by atoms with Crippen molar-refractivity contribution in [3.63, 3.8) is 0 Å². The second kappa shape index (κ2) is 3.77. The Morgan fingerprint density at radius 2 is 2.08 bits per heavy atom. The summed E-state index contributed by atoms with van der Waals surface area (Å²) in [6.45, 7) is 3.02. The van der Waals surface area contributed by atoms with Crippen molar-refractivity contribution in [1.82, 2.24) is 10.6 Å². The fraction of sp³-hybridized carbons (Fsp3) is 0.400. The first-order valence-electron chi connectivity index (χ1n) is 4.66. The zero-order chi connectivity index (χ0) is 9.10. The Hall–Kier alpha value is -1.06. The van der Waals surface area contributed by atoms with E-state index in [1.165, 1.54) is 5.56 Å². The summed E-state index contributed by atoms with van der Waals surface area (Å²) in [6.07, 6.45) is 0. The van der Waals surface area contributed by atoms with Gasteiger partial charge in [-0.3, -0.25) is 0 Å². The first-order valence-corrected chi connectivity index (χ1v) is 4.66. The van der Waals surface area contributed by atoms with Crippen molar-refractivity contribution in [3.8, 4) is 0 Å². The highest BCUT2D eigenvalue weighted by Crippen LogP contribution is 2.19. The molecular weight excluding hydrogens is 162 g/mol. The molecule has 1 fully saturated rings. The maximum Gasteiger partial charge on any atom is 0.0467 e. The number of nitrogens with one attached hydrogen (secondary N) is 2. The molecule has 3 heteroatoms. The number of hydrogen-bond donors (Lipinski definition) is 3. The Morgan fingerprint density at radius 3 is 2.77 bits per heavy atom. The van der Waals surface area contributed by atoms with Gasteiger partial charge in [0.05, 0.1) is 0 Å². The summed E-state index contributed by atoms with van der Waals surface area (Å²) < 4.78 is 0. The summed E-state index contributed by atoms with van der Waals surface area (Å²) in [5.74, 6) is 0. The fourth-order valence-electron chi connectivity index (χ4n) is 1.70. The van der Waals surface area contributed by atoms with Gasteiger partial charge in [0.15, 0.2) is 0 Å². The van der Waals surface area contributed by atoms with Gasteiger partial charge in [-0.15, -0.1) is 0 Å². The number of anilines is 1. The predicted molar refractivity (Wildman–Crippen MR) is 54.5 cm³/mol. The number of hydrogen-bond acceptors (Lipinski definition) is 3. The number of piperazine rings is 1. The molecule has 0 spiro atoms. The van der Waals surface area contributed by atoms with Crippen molar-refractivity contribution in [2.45, 2.75) is 6.04 Å². The normalized spacial score (nSPS) is 22.9. The van der Waals surface area contributed by atoms with Crippen LogP contribution in [-0.4, -0.2) is 19.6 Å². The van der Waals surface area contributed by atoms with Gasteiger partial charge in [-0.2, -0.15) is 0 Å². The van der Waals surface area contributed by atoms with Crippen molar-refractivity contribution < 1.29 is 0 Å². The molecule has 1 aromatic carbocycles. The Morgan fingerprint density at radius 1 is 1.23 bits per heavy atom. The fourth-order valence-corrected chi connectivity index (χ4v) is 1.70. The largest absolute Gasteiger partial charge is 0.398 e. The number of benzene rings is 1. The molecule has 0 unspecified atom stereocenters. The third-order valence-electron chi connectivity index (χ3n) is 2.41. The molecule has 4 N–H and O–H groups in total. The van der Waals surface area contributed by atoms with Crippen LogP contribution in [0, 0.1) is 0 Å². The van der Waals surface area contributed by atoms with E-state index in [-0.39, 0.29) is 0 Å². The highest BCUT2D eigenvalue weighted by atomic mass is 15.1. The average molecular weight is 177 g/mol. The van der Waals surface area contributed by atoms with E-state index in [1.54, 1.807) is 0 Å². The van der Waals surface area contributed by atoms with Gasteiger partial charge in [-0.1, -0.05) is 18.2 Å². The molecular formula is C10H15N3. The third-order valence-corrected chi connectivity index (χ3v) is 2.41. The minimum Gasteiger partial charge on any atom is -0.398 e. The van der Waals surface area contributed by atoms with Gasteiger partial charge in [0.2, 0.25) is 0 Å². The molecule has 1 aliphatic rings. The monoisotopic (exact) mass is 177 g/mol. The van der Waals surface area contributed by atoms with Gasteiger partial charge in [0.25, 0.3) is 0 Å². The minimum atomic E-state index is 0.370. The summed E-state index contributed by atoms with van der Waals surface area (Å²) >= 11 is 0. The number of nitrogens with two attached hydrogens (primary N) is 1. The molecule has 1 heterocycles. The SMILES string of the molecule is Nc1ccccc1[C@H]1CNCCN1. The van der Waals surface area contributed by atoms with Crippen LogP contribution in [0.4, 0.5) is 5.69 Å². The second-order valence-corrected chi connectivity index (χ2v) is 3.34. The molecule has 2 rings (SSSR count). The summed E-state index contributed by atoms with van der Waals surface area (Å²) in [6, 6.07) is 8.40. The van der Waals surface area contributed by atoms with Crippen LogP contribution < -0.4 is 16.4 Å². The lowest BCUT2D eigenvalue weighted by atomic mass is 10.0. The van der Waals surface area contributed by atoms with Crippen molar-refractivity contribution in [2.75, 3.05) is 25.4 Å². The molecule has 0 radical (unpaired) electrons. The number of nitrogen functional groups attached to an aromatic ring is 1. The van der Waals surface area contributed by atoms with Crippen LogP contribution >= 0.6 is 0 Å². The molecule has 1 atom stereocenters. The lowest BCUT2D eigenvalue weighted by Crippen LogP contribution is -2.42. The smallest absolute Gasteiger partial charge is 0.0467 e. The molecule has 1 saturated heterocycles. The van der Waals surface area contributed by atoms with Crippen LogP contribution in [-0.2, 0) is 0 Å². The van der Waals surface area contributed by atoms with Gasteiger partial charge in [0, 0.05) is 31.4 Å². The van der Waals surface area contributed by atoms with E-state index in [4.69, 9.17) is 5.73 Å². The van der Waals surface area contributed by atoms with Gasteiger partial charge < -0.3 is 16.4 Å². The lowest BCUT2D eigenvalue weighted by molar-refractivity contribution is 0.431. The van der Waals surface area contributed by atoms with Crippen LogP contribution in [0.3, 0.4) is 0 Å². The van der Waals surface area contributed by atoms with Gasteiger partial charge in [0.1, 0.15) is 0 Å². The van der Waals surface area contributed by atoms with E-state index in [0.717, 1.165) is 25.3 Å². The van der Waals surface area contributed by atoms with Crippen LogP contribution in [0.25, 0.3) is 0 Å². The summed E-state index contributed by atoms with van der Waals surface area (Å²) in [7, 11) is 0. The van der Waals surface area contributed by atoms with E-state index in [0.29, 0.717) is 6.04 Å². The Kier molecular flexibility index (Phi) is 2.47. The van der Waals surface area contributed by atoms with Crippen LogP contribution in [0.5, 0.6) is 0 Å². The molecule has 1 aliphatic heterocycles. The lowest BCUT2D eigenvalue weighted by Gasteiger charge is -2.25. The van der Waals surface area contributed by atoms with Gasteiger partial charge in [-0.25, -0.2) is 0 Å². The topological polar surface area (TPSA) is 50.1 Å². The summed E-state index contributed by atoms with van der Waals surface area (Å²) in [4.78, 5) is 0. The zero-order valence-electron chi connectivity index (χ0n) is 7.59. The predicted octanol–water partition coefficient (Wildman–Crippen LogP) is 0.503. The maximum atomic E-state index is 5.88. The second-order valence-electron chi connectivity index (χ2n) is 3.34. The van der Waals surface area contributed by atoms with E-state index < -0.39 is 0 Å². The molecule has 0 amide bonds. The molecule has 70 valence electrons. The van der Waals surface area contributed by atoms with E-state index in [9.17, 15) is 0 Å². The number of rotatable bonds is 1. The first kappa shape index (κ1) is 8.53. The third kappa shape index (κ3) is 1.82. The minimum absolute atomic E-state index is 0.370. The van der Waals surface area contributed by atoms with Crippen molar-refractivity contribution >= 4 is 5.69 Å². The zero-order valence-corrected chi connectivity index (χ0v) is 7.59. The van der Waals surface area contributed by atoms with Crippen molar-refractivity contribution in [2.24, 2.45) is 0 Å². The Bertz CT molecular complexity index is 279. The van der Waals surface area contributed by atoms with Crippen LogP contribution in [0.15, 0.2) is 24.3 Å². The molecule has 0 aromatic heterocycles.